The minimum atomic E-state index is -0.450. The highest BCUT2D eigenvalue weighted by molar-refractivity contribution is 14.1. The number of nitrogens with zero attached hydrogens (tertiary/aromatic N) is 1. The summed E-state index contributed by atoms with van der Waals surface area (Å²) in [5.41, 5.74) is 4.08. The lowest BCUT2D eigenvalue weighted by molar-refractivity contribution is -0.119. The van der Waals surface area contributed by atoms with Gasteiger partial charge in [-0.05, 0) is 77.3 Å². The van der Waals surface area contributed by atoms with Gasteiger partial charge < -0.3 is 19.5 Å². The van der Waals surface area contributed by atoms with Crippen molar-refractivity contribution >= 4 is 34.2 Å². The summed E-state index contributed by atoms with van der Waals surface area (Å²) in [5.74, 6) is 0.239. The molecule has 1 heterocycles. The van der Waals surface area contributed by atoms with Crippen LogP contribution < -0.4 is 4.74 Å². The van der Waals surface area contributed by atoms with Gasteiger partial charge in [-0.1, -0.05) is 27.7 Å². The Labute approximate surface area is 228 Å². The number of hydrogen-bond acceptors (Lipinski definition) is 6. The van der Waals surface area contributed by atoms with Crippen molar-refractivity contribution in [2.75, 3.05) is 26.9 Å². The zero-order chi connectivity index (χ0) is 26.4. The van der Waals surface area contributed by atoms with Crippen LogP contribution in [0.4, 0.5) is 0 Å². The number of methoxy groups -OCH3 is 1. The van der Waals surface area contributed by atoms with Crippen LogP contribution in [-0.4, -0.2) is 48.4 Å². The van der Waals surface area contributed by atoms with Crippen LogP contribution in [0.2, 0.25) is 0 Å². The van der Waals surface area contributed by atoms with Crippen molar-refractivity contribution in [3.63, 3.8) is 0 Å². The summed E-state index contributed by atoms with van der Waals surface area (Å²) in [6.45, 7) is 12.2. The molecule has 0 fully saturated rings. The highest BCUT2D eigenvalue weighted by Crippen LogP contribution is 2.55. The fourth-order valence-corrected chi connectivity index (χ4v) is 6.67. The van der Waals surface area contributed by atoms with Crippen molar-refractivity contribution in [2.45, 2.75) is 72.6 Å². The monoisotopic (exact) mass is 607 g/mol. The van der Waals surface area contributed by atoms with Gasteiger partial charge in [0.05, 0.1) is 10.2 Å². The van der Waals surface area contributed by atoms with E-state index in [1.54, 1.807) is 7.11 Å². The fourth-order valence-electron chi connectivity index (χ4n) is 6.04. The molecule has 1 aromatic rings. The molecule has 1 aromatic carbocycles. The number of hydrogen-bond donors (Lipinski definition) is 1. The number of benzene rings is 1. The molecule has 0 bridgehead atoms. The maximum absolute atomic E-state index is 13.8. The Hall–Kier alpha value is -1.87. The zero-order valence-electron chi connectivity index (χ0n) is 22.3. The van der Waals surface area contributed by atoms with Crippen LogP contribution in [0, 0.1) is 14.4 Å². The van der Waals surface area contributed by atoms with E-state index in [9.17, 15) is 14.7 Å². The summed E-state index contributed by atoms with van der Waals surface area (Å²) in [4.78, 5) is 30.0. The molecule has 0 aromatic heterocycles. The normalized spacial score (nSPS) is 21.6. The van der Waals surface area contributed by atoms with Gasteiger partial charge in [-0.2, -0.15) is 0 Å². The Morgan fingerprint density at radius 3 is 2.06 bits per heavy atom. The van der Waals surface area contributed by atoms with Crippen LogP contribution in [0.3, 0.4) is 0 Å². The maximum atomic E-state index is 13.8. The van der Waals surface area contributed by atoms with E-state index in [4.69, 9.17) is 9.47 Å². The standard InChI is InChI=1S/C29H38INO5/c1-7-36-23-12-17(11-18(30)27(23)34)24-25-19(13-28(2,3)15-21(25)32)31(9-8-10-35-6)20-14-29(4,5)16-22(33)26(20)24/h11-12,24,34H,7-10,13-16H2,1-6H3. The third-order valence-electron chi connectivity index (χ3n) is 7.44. The van der Waals surface area contributed by atoms with Crippen LogP contribution in [0.5, 0.6) is 11.5 Å². The third kappa shape index (κ3) is 5.10. The van der Waals surface area contributed by atoms with Crippen molar-refractivity contribution in [3.8, 4) is 11.5 Å². The van der Waals surface area contributed by atoms with E-state index in [2.05, 4.69) is 55.2 Å². The third-order valence-corrected chi connectivity index (χ3v) is 8.26. The van der Waals surface area contributed by atoms with Gasteiger partial charge in [-0.3, -0.25) is 9.59 Å². The Morgan fingerprint density at radius 1 is 1.00 bits per heavy atom. The van der Waals surface area contributed by atoms with Gasteiger partial charge in [-0.15, -0.1) is 0 Å². The summed E-state index contributed by atoms with van der Waals surface area (Å²) >= 11 is 2.10. The Balaban J connectivity index is 1.98. The summed E-state index contributed by atoms with van der Waals surface area (Å²) in [6, 6.07) is 3.72. The quantitative estimate of drug-likeness (QED) is 0.298. The summed E-state index contributed by atoms with van der Waals surface area (Å²) < 4.78 is 11.7. The van der Waals surface area contributed by atoms with E-state index >= 15 is 0 Å². The summed E-state index contributed by atoms with van der Waals surface area (Å²) in [7, 11) is 1.70. The summed E-state index contributed by atoms with van der Waals surface area (Å²) in [5, 5.41) is 10.6. The van der Waals surface area contributed by atoms with E-state index in [0.29, 0.717) is 41.9 Å². The van der Waals surface area contributed by atoms with Gasteiger partial charge in [0.15, 0.2) is 23.1 Å². The average Bonchev–Trinajstić information content (AvgIpc) is 2.75. The van der Waals surface area contributed by atoms with E-state index in [1.165, 1.54) is 0 Å². The molecule has 0 atom stereocenters. The molecule has 1 N–H and O–H groups in total. The molecule has 1 aliphatic heterocycles. The fraction of sp³-hybridized carbons (Fsp3) is 0.586. The number of halogens is 1. The SMILES string of the molecule is CCOc1cc(C2C3=C(CC(C)(C)CC3=O)N(CCCOC)C3=C2C(=O)CC(C)(C)C3)cc(I)c1O. The number of Topliss-reactive ketones (excluding diaryl/α,β-unsaturated/α-hetero) is 2. The number of carbonyl (C=O) groups is 2. The molecule has 2 aliphatic carbocycles. The highest BCUT2D eigenvalue weighted by Gasteiger charge is 2.49. The first-order chi connectivity index (χ1) is 16.9. The van der Waals surface area contributed by atoms with Gasteiger partial charge in [0, 0.05) is 61.6 Å². The predicted octanol–water partition coefficient (Wildman–Crippen LogP) is 6.12. The molecule has 0 amide bonds. The molecule has 36 heavy (non-hydrogen) atoms. The van der Waals surface area contributed by atoms with Crippen LogP contribution >= 0.6 is 22.6 Å². The van der Waals surface area contributed by atoms with Gasteiger partial charge in [0.25, 0.3) is 0 Å². The Bertz CT molecular complexity index is 1090. The number of rotatable bonds is 7. The molecule has 0 radical (unpaired) electrons. The van der Waals surface area contributed by atoms with Crippen LogP contribution in [0.25, 0.3) is 0 Å². The van der Waals surface area contributed by atoms with Gasteiger partial charge in [0.1, 0.15) is 0 Å². The van der Waals surface area contributed by atoms with E-state index in [-0.39, 0.29) is 28.1 Å². The molecule has 0 spiro atoms. The van der Waals surface area contributed by atoms with Gasteiger partial charge in [-0.25, -0.2) is 0 Å². The van der Waals surface area contributed by atoms with E-state index in [1.807, 2.05) is 19.1 Å². The first kappa shape index (κ1) is 27.2. The number of aromatic hydroxyl groups is 1. The second-order valence-electron chi connectivity index (χ2n) is 11.8. The second-order valence-corrected chi connectivity index (χ2v) is 13.0. The van der Waals surface area contributed by atoms with E-state index in [0.717, 1.165) is 47.4 Å². The molecule has 4 rings (SSSR count). The first-order valence-electron chi connectivity index (χ1n) is 12.8. The number of ether oxygens (including phenoxy) is 2. The van der Waals surface area contributed by atoms with E-state index < -0.39 is 5.92 Å². The Kier molecular flexibility index (Phi) is 7.64. The Morgan fingerprint density at radius 2 is 1.56 bits per heavy atom. The van der Waals surface area contributed by atoms with Crippen molar-refractivity contribution in [3.05, 3.63) is 43.8 Å². The lowest BCUT2D eigenvalue weighted by atomic mass is 9.63. The predicted molar refractivity (Wildman–Crippen MR) is 148 cm³/mol. The molecule has 0 unspecified atom stereocenters. The molecule has 6 nitrogen and oxygen atoms in total. The largest absolute Gasteiger partial charge is 0.504 e. The van der Waals surface area contributed by atoms with Crippen molar-refractivity contribution < 1.29 is 24.2 Å². The molecule has 196 valence electrons. The minimum absolute atomic E-state index is 0.0915. The smallest absolute Gasteiger partial charge is 0.171 e. The molecule has 3 aliphatic rings. The number of phenolic OH excluding ortho intramolecular Hbond substituents is 1. The van der Waals surface area contributed by atoms with Gasteiger partial charge >= 0.3 is 0 Å². The maximum Gasteiger partial charge on any atom is 0.171 e. The van der Waals surface area contributed by atoms with Crippen molar-refractivity contribution in [1.82, 2.24) is 4.90 Å². The van der Waals surface area contributed by atoms with Crippen molar-refractivity contribution in [1.29, 1.82) is 0 Å². The molecule has 7 heteroatoms. The molecule has 0 saturated heterocycles. The molecule has 0 saturated carbocycles. The lowest BCUT2D eigenvalue weighted by Gasteiger charge is -2.49. The van der Waals surface area contributed by atoms with Crippen molar-refractivity contribution in [2.24, 2.45) is 10.8 Å². The second kappa shape index (κ2) is 10.1. The topological polar surface area (TPSA) is 76.1 Å². The summed E-state index contributed by atoms with van der Waals surface area (Å²) in [6.07, 6.45) is 3.25. The average molecular weight is 608 g/mol. The number of phenols is 1. The zero-order valence-corrected chi connectivity index (χ0v) is 24.5. The number of allylic oxidation sites excluding steroid dienone is 4. The molecular formula is C29H38INO5. The van der Waals surface area contributed by atoms with Crippen LogP contribution in [0.15, 0.2) is 34.7 Å². The van der Waals surface area contributed by atoms with Gasteiger partial charge in [0.2, 0.25) is 0 Å². The number of ketones is 2. The minimum Gasteiger partial charge on any atom is -0.504 e. The highest BCUT2D eigenvalue weighted by atomic mass is 127. The lowest BCUT2D eigenvalue weighted by Crippen LogP contribution is -2.44. The van der Waals surface area contributed by atoms with Crippen LogP contribution in [0.1, 0.15) is 78.2 Å². The van der Waals surface area contributed by atoms with Crippen LogP contribution in [-0.2, 0) is 14.3 Å². The first-order valence-corrected chi connectivity index (χ1v) is 13.9. The number of carbonyl (C=O) groups excluding carboxylic acids is 2. The molecular weight excluding hydrogens is 569 g/mol.